The third kappa shape index (κ3) is 4.17. The van der Waals surface area contributed by atoms with Crippen LogP contribution in [-0.2, 0) is 13.1 Å². The number of aromatic nitrogens is 4. The Morgan fingerprint density at radius 1 is 0.939 bits per heavy atom. The molecule has 0 saturated carbocycles. The van der Waals surface area contributed by atoms with Gasteiger partial charge in [-0.25, -0.2) is 9.97 Å². The van der Waals surface area contributed by atoms with E-state index in [9.17, 15) is 4.79 Å². The van der Waals surface area contributed by atoms with Crippen molar-refractivity contribution in [3.05, 3.63) is 101 Å². The third-order valence-corrected chi connectivity index (χ3v) is 6.26. The maximum absolute atomic E-state index is 12.6. The largest absolute Gasteiger partial charge is 0.309 e. The van der Waals surface area contributed by atoms with Gasteiger partial charge in [-0.05, 0) is 37.6 Å². The highest BCUT2D eigenvalue weighted by molar-refractivity contribution is 5.77. The van der Waals surface area contributed by atoms with E-state index in [0.717, 1.165) is 34.5 Å². The molecule has 6 nitrogen and oxygen atoms in total. The quantitative estimate of drug-likeness (QED) is 0.387. The molecule has 0 radical (unpaired) electrons. The number of benzene rings is 2. The molecule has 0 aliphatic carbocycles. The minimum atomic E-state index is -0.0977. The van der Waals surface area contributed by atoms with E-state index in [2.05, 4.69) is 46.5 Å². The lowest BCUT2D eigenvalue weighted by Gasteiger charge is -2.28. The maximum atomic E-state index is 12.6. The summed E-state index contributed by atoms with van der Waals surface area (Å²) in [6.45, 7) is 5.62. The fourth-order valence-electron chi connectivity index (χ4n) is 4.25. The first-order valence-corrected chi connectivity index (χ1v) is 11.4. The zero-order valence-electron chi connectivity index (χ0n) is 18.9. The van der Waals surface area contributed by atoms with E-state index in [1.165, 1.54) is 0 Å². The molecule has 0 amide bonds. The standard InChI is InChI=1S/C27H27N5O/c1-3-19(2)31(18-24-28-22-14-8-7-13-21(22)27(33)29-24)17-23-26(20-11-5-4-6-12-20)30-25-15-9-10-16-32(23)25/h4-16,19H,3,17-18H2,1-2H3,(H,28,29,33). The average Bonchev–Trinajstić information content (AvgIpc) is 3.22. The minimum absolute atomic E-state index is 0.0977. The Morgan fingerprint density at radius 3 is 2.52 bits per heavy atom. The maximum Gasteiger partial charge on any atom is 0.258 e. The molecule has 0 spiro atoms. The molecule has 6 heteroatoms. The van der Waals surface area contributed by atoms with Crippen LogP contribution in [0.1, 0.15) is 31.8 Å². The number of H-pyrrole nitrogens is 1. The number of fused-ring (bicyclic) bond motifs is 2. The molecule has 3 heterocycles. The summed E-state index contributed by atoms with van der Waals surface area (Å²) in [5.41, 5.74) is 4.75. The molecule has 1 atom stereocenters. The number of hydrogen-bond acceptors (Lipinski definition) is 4. The van der Waals surface area contributed by atoms with E-state index in [0.29, 0.717) is 30.3 Å². The Hall–Kier alpha value is -3.77. The topological polar surface area (TPSA) is 66.3 Å². The van der Waals surface area contributed by atoms with E-state index in [-0.39, 0.29) is 5.56 Å². The Morgan fingerprint density at radius 2 is 1.70 bits per heavy atom. The summed E-state index contributed by atoms with van der Waals surface area (Å²) in [4.78, 5) is 27.7. The van der Waals surface area contributed by atoms with Crippen LogP contribution in [0.4, 0.5) is 0 Å². The molecule has 5 aromatic rings. The van der Waals surface area contributed by atoms with Crippen LogP contribution in [0.25, 0.3) is 27.8 Å². The van der Waals surface area contributed by atoms with Gasteiger partial charge in [0.05, 0.1) is 28.8 Å². The minimum Gasteiger partial charge on any atom is -0.309 e. The van der Waals surface area contributed by atoms with Crippen LogP contribution in [0.5, 0.6) is 0 Å². The lowest BCUT2D eigenvalue weighted by molar-refractivity contribution is 0.179. The van der Waals surface area contributed by atoms with Gasteiger partial charge < -0.3 is 9.38 Å². The fraction of sp³-hybridized carbons (Fsp3) is 0.222. The molecule has 3 aromatic heterocycles. The summed E-state index contributed by atoms with van der Waals surface area (Å²) in [5, 5.41) is 0.615. The van der Waals surface area contributed by atoms with Crippen LogP contribution in [0.3, 0.4) is 0 Å². The van der Waals surface area contributed by atoms with E-state index < -0.39 is 0 Å². The monoisotopic (exact) mass is 437 g/mol. The lowest BCUT2D eigenvalue weighted by Crippen LogP contribution is -2.33. The predicted octanol–water partition coefficient (Wildman–Crippen LogP) is 5.04. The molecular formula is C27H27N5O. The molecule has 33 heavy (non-hydrogen) atoms. The highest BCUT2D eigenvalue weighted by Gasteiger charge is 2.21. The molecule has 2 aromatic carbocycles. The molecule has 0 saturated heterocycles. The van der Waals surface area contributed by atoms with E-state index in [1.54, 1.807) is 0 Å². The van der Waals surface area contributed by atoms with E-state index >= 15 is 0 Å². The van der Waals surface area contributed by atoms with Crippen molar-refractivity contribution in [2.24, 2.45) is 0 Å². The molecule has 0 aliphatic heterocycles. The summed E-state index contributed by atoms with van der Waals surface area (Å²) in [5.74, 6) is 0.675. The number of rotatable bonds is 7. The van der Waals surface area contributed by atoms with Crippen molar-refractivity contribution >= 4 is 16.6 Å². The van der Waals surface area contributed by atoms with Gasteiger partial charge in [0.1, 0.15) is 11.5 Å². The molecule has 5 rings (SSSR count). The first kappa shape index (κ1) is 21.1. The number of nitrogens with one attached hydrogen (secondary N) is 1. The Bertz CT molecular complexity index is 1450. The van der Waals surface area contributed by atoms with Gasteiger partial charge in [-0.15, -0.1) is 0 Å². The fourth-order valence-corrected chi connectivity index (χ4v) is 4.25. The van der Waals surface area contributed by atoms with Crippen LogP contribution >= 0.6 is 0 Å². The Kier molecular flexibility index (Phi) is 5.75. The lowest BCUT2D eigenvalue weighted by atomic mass is 10.1. The number of imidazole rings is 1. The van der Waals surface area contributed by atoms with Gasteiger partial charge in [-0.2, -0.15) is 0 Å². The summed E-state index contributed by atoms with van der Waals surface area (Å²) in [6.07, 6.45) is 3.05. The average molecular weight is 438 g/mol. The van der Waals surface area contributed by atoms with Crippen LogP contribution in [0.15, 0.2) is 83.8 Å². The normalized spacial score (nSPS) is 12.6. The molecule has 1 N–H and O–H groups in total. The SMILES string of the molecule is CCC(C)N(Cc1nc2ccccc2c(=O)[nH]1)Cc1c(-c2ccccc2)nc2ccccn12. The Balaban J connectivity index is 1.56. The third-order valence-electron chi connectivity index (χ3n) is 6.26. The molecule has 166 valence electrons. The predicted molar refractivity (Wildman–Crippen MR) is 132 cm³/mol. The van der Waals surface area contributed by atoms with Crippen molar-refractivity contribution < 1.29 is 0 Å². The second-order valence-electron chi connectivity index (χ2n) is 8.39. The number of hydrogen-bond donors (Lipinski definition) is 1. The highest BCUT2D eigenvalue weighted by Crippen LogP contribution is 2.27. The Labute approximate surface area is 192 Å². The van der Waals surface area contributed by atoms with Gasteiger partial charge in [0.2, 0.25) is 0 Å². The van der Waals surface area contributed by atoms with Crippen molar-refractivity contribution in [2.75, 3.05) is 0 Å². The van der Waals surface area contributed by atoms with Gasteiger partial charge in [-0.3, -0.25) is 9.69 Å². The number of aromatic amines is 1. The van der Waals surface area contributed by atoms with Crippen LogP contribution in [0.2, 0.25) is 0 Å². The van der Waals surface area contributed by atoms with Crippen molar-refractivity contribution in [2.45, 2.75) is 39.4 Å². The summed E-state index contributed by atoms with van der Waals surface area (Å²) in [6, 6.07) is 24.1. The summed E-state index contributed by atoms with van der Waals surface area (Å²) in [7, 11) is 0. The van der Waals surface area contributed by atoms with Gasteiger partial charge in [-0.1, -0.05) is 55.5 Å². The molecular weight excluding hydrogens is 410 g/mol. The smallest absolute Gasteiger partial charge is 0.258 e. The van der Waals surface area contributed by atoms with Gasteiger partial charge in [0.15, 0.2) is 0 Å². The number of pyridine rings is 1. The zero-order valence-corrected chi connectivity index (χ0v) is 18.9. The van der Waals surface area contributed by atoms with Crippen molar-refractivity contribution in [1.29, 1.82) is 0 Å². The first-order chi connectivity index (χ1) is 16.1. The molecule has 0 aliphatic rings. The van der Waals surface area contributed by atoms with Gasteiger partial charge in [0, 0.05) is 24.3 Å². The second kappa shape index (κ2) is 9.00. The molecule has 0 fully saturated rings. The van der Waals surface area contributed by atoms with Gasteiger partial charge in [0.25, 0.3) is 5.56 Å². The second-order valence-corrected chi connectivity index (χ2v) is 8.39. The van der Waals surface area contributed by atoms with E-state index in [1.807, 2.05) is 60.7 Å². The van der Waals surface area contributed by atoms with Crippen LogP contribution in [-0.4, -0.2) is 30.3 Å². The number of para-hydroxylation sites is 1. The molecule has 1 unspecified atom stereocenters. The summed E-state index contributed by atoms with van der Waals surface area (Å²) >= 11 is 0. The van der Waals surface area contributed by atoms with E-state index in [4.69, 9.17) is 9.97 Å². The first-order valence-electron chi connectivity index (χ1n) is 11.4. The van der Waals surface area contributed by atoms with Crippen molar-refractivity contribution in [3.8, 4) is 11.3 Å². The zero-order chi connectivity index (χ0) is 22.8. The van der Waals surface area contributed by atoms with Gasteiger partial charge >= 0.3 is 0 Å². The highest BCUT2D eigenvalue weighted by atomic mass is 16.1. The summed E-state index contributed by atoms with van der Waals surface area (Å²) < 4.78 is 2.16. The van der Waals surface area contributed by atoms with Crippen LogP contribution in [0, 0.1) is 0 Å². The van der Waals surface area contributed by atoms with Crippen LogP contribution < -0.4 is 5.56 Å². The van der Waals surface area contributed by atoms with Crippen molar-refractivity contribution in [1.82, 2.24) is 24.3 Å². The molecule has 0 bridgehead atoms. The number of nitrogens with zero attached hydrogens (tertiary/aromatic N) is 4. The van der Waals surface area contributed by atoms with Crippen molar-refractivity contribution in [3.63, 3.8) is 0 Å².